The van der Waals surface area contributed by atoms with Gasteiger partial charge in [0.1, 0.15) is 12.1 Å². The van der Waals surface area contributed by atoms with Crippen LogP contribution in [0.1, 0.15) is 45.6 Å². The molecule has 0 spiro atoms. The van der Waals surface area contributed by atoms with Gasteiger partial charge in [-0.15, -0.1) is 0 Å². The van der Waals surface area contributed by atoms with Crippen LogP contribution in [0, 0.1) is 11.8 Å². The van der Waals surface area contributed by atoms with E-state index in [1.807, 2.05) is 26.8 Å². The first-order chi connectivity index (χ1) is 17.6. The van der Waals surface area contributed by atoms with Gasteiger partial charge in [-0.25, -0.2) is 13.2 Å². The van der Waals surface area contributed by atoms with E-state index in [9.17, 15) is 22.8 Å². The lowest BCUT2D eigenvalue weighted by Crippen LogP contribution is -2.44. The third-order valence-electron chi connectivity index (χ3n) is 6.98. The number of amides is 4. The van der Waals surface area contributed by atoms with Crippen LogP contribution in [0.4, 0.5) is 10.5 Å². The van der Waals surface area contributed by atoms with Gasteiger partial charge in [0.05, 0.1) is 4.90 Å². The molecule has 0 radical (unpaired) electrons. The molecule has 198 valence electrons. The highest BCUT2D eigenvalue weighted by molar-refractivity contribution is 7.89. The van der Waals surface area contributed by atoms with Gasteiger partial charge in [-0.2, -0.15) is 4.31 Å². The van der Waals surface area contributed by atoms with Crippen molar-refractivity contribution in [2.24, 2.45) is 11.8 Å². The lowest BCUT2D eigenvalue weighted by molar-refractivity contribution is -0.134. The van der Waals surface area contributed by atoms with Gasteiger partial charge in [0.25, 0.3) is 5.91 Å². The quantitative estimate of drug-likeness (QED) is 0.511. The van der Waals surface area contributed by atoms with Crippen LogP contribution in [0.5, 0.6) is 0 Å². The Morgan fingerprint density at radius 1 is 1.03 bits per heavy atom. The molecule has 2 aliphatic heterocycles. The Morgan fingerprint density at radius 3 is 2.24 bits per heavy atom. The zero-order chi connectivity index (χ0) is 26.8. The minimum atomic E-state index is -3.64. The normalized spacial score (nSPS) is 24.7. The number of carbonyl (C=O) groups is 3. The molecular weight excluding hydrogens is 492 g/mol. The van der Waals surface area contributed by atoms with Crippen molar-refractivity contribution in [2.45, 2.75) is 50.5 Å². The fourth-order valence-electron chi connectivity index (χ4n) is 5.38. The summed E-state index contributed by atoms with van der Waals surface area (Å²) in [6.45, 7) is 6.55. The molecule has 2 aromatic rings. The standard InChI is InChI=1S/C27H34N4O5S/c1-4-14-27(21-8-6-5-7-9-21)25(33)31(26(34)29-27)18-24(32)28-22-10-12-23(13-11-22)37(35,36)30-16-19(2)15-20(3)17-30/h5-13,19-20H,4,14-18H2,1-3H3,(H,28,32)(H,29,34)/t19-,20-,27+/m0/s1. The number of hydrogen-bond donors (Lipinski definition) is 2. The Labute approximate surface area is 218 Å². The number of urea groups is 1. The van der Waals surface area contributed by atoms with Gasteiger partial charge < -0.3 is 10.6 Å². The van der Waals surface area contributed by atoms with Crippen molar-refractivity contribution in [1.29, 1.82) is 0 Å². The summed E-state index contributed by atoms with van der Waals surface area (Å²) in [5.74, 6) is -0.439. The number of piperidine rings is 1. The van der Waals surface area contributed by atoms with Crippen molar-refractivity contribution in [2.75, 3.05) is 25.0 Å². The Hall–Kier alpha value is -3.24. The van der Waals surface area contributed by atoms with Crippen LogP contribution in [0.15, 0.2) is 59.5 Å². The summed E-state index contributed by atoms with van der Waals surface area (Å²) < 4.78 is 27.7. The first kappa shape index (κ1) is 26.8. The van der Waals surface area contributed by atoms with Gasteiger partial charge in [-0.1, -0.05) is 57.5 Å². The second kappa shape index (κ2) is 10.6. The summed E-state index contributed by atoms with van der Waals surface area (Å²) in [5.41, 5.74) is -0.154. The Balaban J connectivity index is 1.44. The molecular formula is C27H34N4O5S. The molecule has 9 nitrogen and oxygen atoms in total. The molecule has 2 N–H and O–H groups in total. The van der Waals surface area contributed by atoms with Gasteiger partial charge in [-0.3, -0.25) is 14.5 Å². The van der Waals surface area contributed by atoms with E-state index >= 15 is 0 Å². The topological polar surface area (TPSA) is 116 Å². The fourth-order valence-corrected chi connectivity index (χ4v) is 7.06. The maximum atomic E-state index is 13.4. The molecule has 0 unspecified atom stereocenters. The number of benzene rings is 2. The number of imide groups is 1. The summed E-state index contributed by atoms with van der Waals surface area (Å²) in [7, 11) is -3.64. The molecule has 3 atom stereocenters. The summed E-state index contributed by atoms with van der Waals surface area (Å²) >= 11 is 0. The molecule has 2 aromatic carbocycles. The minimum absolute atomic E-state index is 0.160. The Morgan fingerprint density at radius 2 is 1.65 bits per heavy atom. The van der Waals surface area contributed by atoms with Crippen LogP contribution in [-0.4, -0.2) is 55.1 Å². The van der Waals surface area contributed by atoms with E-state index in [4.69, 9.17) is 0 Å². The van der Waals surface area contributed by atoms with Crippen molar-refractivity contribution in [3.8, 4) is 0 Å². The van der Waals surface area contributed by atoms with Crippen molar-refractivity contribution < 1.29 is 22.8 Å². The van der Waals surface area contributed by atoms with Gasteiger partial charge in [0.2, 0.25) is 15.9 Å². The number of nitrogens with one attached hydrogen (secondary N) is 2. The highest BCUT2D eigenvalue weighted by atomic mass is 32.2. The molecule has 37 heavy (non-hydrogen) atoms. The summed E-state index contributed by atoms with van der Waals surface area (Å²) in [4.78, 5) is 39.9. The zero-order valence-electron chi connectivity index (χ0n) is 21.4. The predicted molar refractivity (Wildman–Crippen MR) is 140 cm³/mol. The van der Waals surface area contributed by atoms with Crippen LogP contribution in [-0.2, 0) is 25.2 Å². The molecule has 4 amide bonds. The number of sulfonamides is 1. The van der Waals surface area contributed by atoms with Crippen molar-refractivity contribution in [3.05, 3.63) is 60.2 Å². The SMILES string of the molecule is CCC[C@]1(c2ccccc2)NC(=O)N(CC(=O)Nc2ccc(S(=O)(=O)N3C[C@@H](C)C[C@H](C)C3)cc2)C1=O. The van der Waals surface area contributed by atoms with Gasteiger partial charge in [-0.05, 0) is 54.5 Å². The van der Waals surface area contributed by atoms with E-state index in [0.717, 1.165) is 11.3 Å². The van der Waals surface area contributed by atoms with Crippen LogP contribution in [0.3, 0.4) is 0 Å². The molecule has 2 heterocycles. The van der Waals surface area contributed by atoms with E-state index in [1.165, 1.54) is 28.6 Å². The summed E-state index contributed by atoms with van der Waals surface area (Å²) in [5, 5.41) is 5.46. The molecule has 10 heteroatoms. The third-order valence-corrected chi connectivity index (χ3v) is 8.83. The highest BCUT2D eigenvalue weighted by Gasteiger charge is 2.52. The Bertz CT molecular complexity index is 1260. The van der Waals surface area contributed by atoms with Crippen molar-refractivity contribution in [1.82, 2.24) is 14.5 Å². The number of hydrogen-bond acceptors (Lipinski definition) is 5. The van der Waals surface area contributed by atoms with Crippen LogP contribution < -0.4 is 10.6 Å². The van der Waals surface area contributed by atoms with Gasteiger partial charge in [0, 0.05) is 18.8 Å². The number of nitrogens with zero attached hydrogens (tertiary/aromatic N) is 2. The average Bonchev–Trinajstić information content (AvgIpc) is 3.09. The second-order valence-corrected chi connectivity index (χ2v) is 12.1. The lowest BCUT2D eigenvalue weighted by atomic mass is 9.85. The maximum Gasteiger partial charge on any atom is 0.325 e. The zero-order valence-corrected chi connectivity index (χ0v) is 22.3. The number of anilines is 1. The monoisotopic (exact) mass is 526 g/mol. The van der Waals surface area contributed by atoms with Crippen molar-refractivity contribution >= 4 is 33.6 Å². The van der Waals surface area contributed by atoms with E-state index < -0.39 is 40.0 Å². The van der Waals surface area contributed by atoms with Crippen LogP contribution >= 0.6 is 0 Å². The molecule has 0 aromatic heterocycles. The maximum absolute atomic E-state index is 13.4. The largest absolute Gasteiger partial charge is 0.325 e. The first-order valence-electron chi connectivity index (χ1n) is 12.7. The molecule has 2 fully saturated rings. The van der Waals surface area contributed by atoms with E-state index in [2.05, 4.69) is 10.6 Å². The van der Waals surface area contributed by atoms with E-state index in [-0.39, 0.29) is 4.90 Å². The Kier molecular flexibility index (Phi) is 7.70. The van der Waals surface area contributed by atoms with Gasteiger partial charge in [0.15, 0.2) is 0 Å². The van der Waals surface area contributed by atoms with Crippen molar-refractivity contribution in [3.63, 3.8) is 0 Å². The van der Waals surface area contributed by atoms with E-state index in [1.54, 1.807) is 24.3 Å². The molecule has 0 bridgehead atoms. The van der Waals surface area contributed by atoms with Crippen LogP contribution in [0.25, 0.3) is 0 Å². The molecule has 0 saturated carbocycles. The van der Waals surface area contributed by atoms with E-state index in [0.29, 0.717) is 49.0 Å². The smallest absolute Gasteiger partial charge is 0.325 e. The lowest BCUT2D eigenvalue weighted by Gasteiger charge is -2.34. The van der Waals surface area contributed by atoms with Gasteiger partial charge >= 0.3 is 6.03 Å². The average molecular weight is 527 g/mol. The molecule has 0 aliphatic carbocycles. The number of rotatable bonds is 8. The first-order valence-corrected chi connectivity index (χ1v) is 14.1. The summed E-state index contributed by atoms with van der Waals surface area (Å²) in [6, 6.07) is 14.3. The molecule has 4 rings (SSSR count). The third kappa shape index (κ3) is 5.40. The summed E-state index contributed by atoms with van der Waals surface area (Å²) in [6.07, 6.45) is 2.06. The fraction of sp³-hybridized carbons (Fsp3) is 0.444. The molecule has 2 saturated heterocycles. The highest BCUT2D eigenvalue weighted by Crippen LogP contribution is 2.33. The number of carbonyl (C=O) groups excluding carboxylic acids is 3. The second-order valence-electron chi connectivity index (χ2n) is 10.2. The molecule has 2 aliphatic rings. The van der Waals surface area contributed by atoms with Crippen LogP contribution in [0.2, 0.25) is 0 Å². The minimum Gasteiger partial charge on any atom is -0.325 e. The predicted octanol–water partition coefficient (Wildman–Crippen LogP) is 3.54.